The summed E-state index contributed by atoms with van der Waals surface area (Å²) in [5.41, 5.74) is 0. The average molecular weight is 145 g/mol. The Balaban J connectivity index is 2.51. The van der Waals surface area contributed by atoms with E-state index in [4.69, 9.17) is 9.84 Å². The number of aliphatic hydroxyl groups is 1. The highest BCUT2D eigenvalue weighted by Crippen LogP contribution is 2.03. The van der Waals surface area contributed by atoms with Gasteiger partial charge in [0.2, 0.25) is 5.91 Å². The summed E-state index contributed by atoms with van der Waals surface area (Å²) in [4.78, 5) is 12.4. The number of carbonyl (C=O) groups excluding carboxylic acids is 1. The number of nitrogens with zero attached hydrogens (tertiary/aromatic N) is 1. The number of ether oxygens (including phenoxy) is 1. The first-order valence-corrected chi connectivity index (χ1v) is 3.20. The first kappa shape index (κ1) is 7.50. The van der Waals surface area contributed by atoms with Crippen LogP contribution in [0.5, 0.6) is 0 Å². The van der Waals surface area contributed by atoms with Crippen molar-refractivity contribution in [2.24, 2.45) is 0 Å². The molecule has 0 aliphatic carbocycles. The molecule has 1 heterocycles. The molecule has 1 saturated heterocycles. The van der Waals surface area contributed by atoms with Gasteiger partial charge in [0.15, 0.2) is 0 Å². The van der Waals surface area contributed by atoms with Crippen LogP contribution in [0.1, 0.15) is 0 Å². The Morgan fingerprint density at radius 2 is 2.60 bits per heavy atom. The molecule has 0 aromatic rings. The van der Waals surface area contributed by atoms with Crippen LogP contribution in [-0.4, -0.2) is 48.8 Å². The molecule has 1 aliphatic heterocycles. The monoisotopic (exact) mass is 145 g/mol. The van der Waals surface area contributed by atoms with Gasteiger partial charge in [0, 0.05) is 7.05 Å². The number of hydrogen-bond donors (Lipinski definition) is 1. The van der Waals surface area contributed by atoms with Crippen LogP contribution in [-0.2, 0) is 9.53 Å². The van der Waals surface area contributed by atoms with Gasteiger partial charge in [-0.05, 0) is 0 Å². The van der Waals surface area contributed by atoms with Crippen molar-refractivity contribution in [1.29, 1.82) is 0 Å². The van der Waals surface area contributed by atoms with E-state index in [1.165, 1.54) is 4.90 Å². The van der Waals surface area contributed by atoms with Gasteiger partial charge in [-0.15, -0.1) is 0 Å². The molecule has 0 aromatic carbocycles. The number of likely N-dealkylation sites (N-methyl/N-ethyl adjacent to an activating group) is 1. The average Bonchev–Trinajstić information content (AvgIpc) is 1.95. The predicted molar refractivity (Wildman–Crippen MR) is 34.5 cm³/mol. The van der Waals surface area contributed by atoms with Crippen LogP contribution in [0.15, 0.2) is 0 Å². The Morgan fingerprint density at radius 3 is 3.10 bits per heavy atom. The summed E-state index contributed by atoms with van der Waals surface area (Å²) < 4.78 is 4.90. The van der Waals surface area contributed by atoms with Crippen LogP contribution in [0.2, 0.25) is 0 Å². The van der Waals surface area contributed by atoms with Crippen molar-refractivity contribution in [1.82, 2.24) is 4.90 Å². The Bertz CT molecular complexity index is 137. The second-order valence-electron chi connectivity index (χ2n) is 2.36. The third kappa shape index (κ3) is 1.27. The number of amides is 1. The van der Waals surface area contributed by atoms with E-state index in [9.17, 15) is 4.79 Å². The summed E-state index contributed by atoms with van der Waals surface area (Å²) in [7, 11) is 1.67. The number of aliphatic hydroxyl groups excluding tert-OH is 1. The molecule has 1 rings (SSSR count). The molecule has 0 radical (unpaired) electrons. The molecule has 0 spiro atoms. The van der Waals surface area contributed by atoms with Crippen molar-refractivity contribution in [2.75, 3.05) is 26.9 Å². The lowest BCUT2D eigenvalue weighted by atomic mass is 10.2. The summed E-state index contributed by atoms with van der Waals surface area (Å²) in [6.45, 7) is 0.563. The van der Waals surface area contributed by atoms with Crippen molar-refractivity contribution >= 4 is 5.91 Å². The van der Waals surface area contributed by atoms with Gasteiger partial charge >= 0.3 is 0 Å². The van der Waals surface area contributed by atoms with Crippen molar-refractivity contribution in [3.63, 3.8) is 0 Å². The van der Waals surface area contributed by atoms with E-state index >= 15 is 0 Å². The lowest BCUT2D eigenvalue weighted by Crippen LogP contribution is -2.48. The van der Waals surface area contributed by atoms with Gasteiger partial charge in [-0.2, -0.15) is 0 Å². The number of hydrogen-bond acceptors (Lipinski definition) is 3. The summed E-state index contributed by atoms with van der Waals surface area (Å²) in [6.07, 6.45) is 0. The Kier molecular flexibility index (Phi) is 2.24. The van der Waals surface area contributed by atoms with Gasteiger partial charge in [-0.3, -0.25) is 4.79 Å². The van der Waals surface area contributed by atoms with Crippen LogP contribution >= 0.6 is 0 Å². The summed E-state index contributed by atoms with van der Waals surface area (Å²) in [6, 6.07) is -0.152. The molecule has 4 nitrogen and oxygen atoms in total. The smallest absolute Gasteiger partial charge is 0.248 e. The summed E-state index contributed by atoms with van der Waals surface area (Å²) in [5, 5.41) is 8.71. The third-order valence-corrected chi connectivity index (χ3v) is 1.69. The van der Waals surface area contributed by atoms with Gasteiger partial charge < -0.3 is 14.7 Å². The van der Waals surface area contributed by atoms with Crippen LogP contribution in [0.25, 0.3) is 0 Å². The van der Waals surface area contributed by atoms with Crippen molar-refractivity contribution < 1.29 is 14.6 Å². The predicted octanol–water partition coefficient (Wildman–Crippen LogP) is -1.16. The Labute approximate surface area is 59.4 Å². The van der Waals surface area contributed by atoms with E-state index in [2.05, 4.69) is 0 Å². The van der Waals surface area contributed by atoms with E-state index in [-0.39, 0.29) is 25.2 Å². The minimum Gasteiger partial charge on any atom is -0.394 e. The topological polar surface area (TPSA) is 49.8 Å². The highest BCUT2D eigenvalue weighted by Gasteiger charge is 2.23. The third-order valence-electron chi connectivity index (χ3n) is 1.69. The fraction of sp³-hybridized carbons (Fsp3) is 0.833. The molecular weight excluding hydrogens is 134 g/mol. The molecular formula is C6H11NO3. The molecule has 10 heavy (non-hydrogen) atoms. The van der Waals surface area contributed by atoms with E-state index < -0.39 is 0 Å². The van der Waals surface area contributed by atoms with Crippen LogP contribution < -0.4 is 0 Å². The van der Waals surface area contributed by atoms with Crippen LogP contribution in [0.4, 0.5) is 0 Å². The maximum atomic E-state index is 10.9. The lowest BCUT2D eigenvalue weighted by Gasteiger charge is -2.30. The van der Waals surface area contributed by atoms with Crippen LogP contribution in [0.3, 0.4) is 0 Å². The van der Waals surface area contributed by atoms with E-state index in [1.54, 1.807) is 7.05 Å². The zero-order chi connectivity index (χ0) is 7.56. The summed E-state index contributed by atoms with van der Waals surface area (Å²) in [5.74, 6) is -0.0645. The van der Waals surface area contributed by atoms with Crippen LogP contribution in [0, 0.1) is 0 Å². The maximum absolute atomic E-state index is 10.9. The maximum Gasteiger partial charge on any atom is 0.248 e. The number of carbonyl (C=O) groups is 1. The minimum atomic E-state index is -0.152. The minimum absolute atomic E-state index is 0.0256. The zero-order valence-corrected chi connectivity index (χ0v) is 5.91. The molecule has 0 unspecified atom stereocenters. The summed E-state index contributed by atoms with van der Waals surface area (Å²) >= 11 is 0. The molecule has 0 aromatic heterocycles. The highest BCUT2D eigenvalue weighted by atomic mass is 16.5. The molecule has 1 amide bonds. The van der Waals surface area contributed by atoms with E-state index in [0.717, 1.165) is 0 Å². The van der Waals surface area contributed by atoms with Gasteiger partial charge in [0.05, 0.1) is 19.3 Å². The molecule has 1 atom stereocenters. The molecule has 1 fully saturated rings. The Morgan fingerprint density at radius 1 is 1.90 bits per heavy atom. The quantitative estimate of drug-likeness (QED) is 0.506. The SMILES string of the molecule is CN1C(=O)COC[C@H]1CO. The normalized spacial score (nSPS) is 27.2. The molecule has 0 saturated carbocycles. The molecule has 0 bridgehead atoms. The van der Waals surface area contributed by atoms with Crippen molar-refractivity contribution in [2.45, 2.75) is 6.04 Å². The van der Waals surface area contributed by atoms with E-state index in [0.29, 0.717) is 6.61 Å². The van der Waals surface area contributed by atoms with Gasteiger partial charge in [-0.25, -0.2) is 0 Å². The lowest BCUT2D eigenvalue weighted by molar-refractivity contribution is -0.147. The molecule has 4 heteroatoms. The fourth-order valence-corrected chi connectivity index (χ4v) is 0.875. The fourth-order valence-electron chi connectivity index (χ4n) is 0.875. The molecule has 58 valence electrons. The second-order valence-corrected chi connectivity index (χ2v) is 2.36. The zero-order valence-electron chi connectivity index (χ0n) is 5.91. The van der Waals surface area contributed by atoms with Crippen molar-refractivity contribution in [3.8, 4) is 0 Å². The van der Waals surface area contributed by atoms with E-state index in [1.807, 2.05) is 0 Å². The van der Waals surface area contributed by atoms with Gasteiger partial charge in [-0.1, -0.05) is 0 Å². The standard InChI is InChI=1S/C6H11NO3/c1-7-5(2-8)3-10-4-6(7)9/h5,8H,2-4H2,1H3/t5-/m1/s1. The highest BCUT2D eigenvalue weighted by molar-refractivity contribution is 5.78. The van der Waals surface area contributed by atoms with Crippen molar-refractivity contribution in [3.05, 3.63) is 0 Å². The first-order chi connectivity index (χ1) is 4.75. The number of morpholine rings is 1. The number of rotatable bonds is 1. The van der Waals surface area contributed by atoms with Gasteiger partial charge in [0.1, 0.15) is 6.61 Å². The first-order valence-electron chi connectivity index (χ1n) is 3.20. The molecule has 1 N–H and O–H groups in total. The van der Waals surface area contributed by atoms with Gasteiger partial charge in [0.25, 0.3) is 0 Å². The largest absolute Gasteiger partial charge is 0.394 e. The Hall–Kier alpha value is -0.610. The molecule has 1 aliphatic rings. The second kappa shape index (κ2) is 2.98.